The Morgan fingerprint density at radius 3 is 2.44 bits per heavy atom. The highest BCUT2D eigenvalue weighted by Gasteiger charge is 2.06. The number of rotatable bonds is 8. The van der Waals surface area contributed by atoms with Crippen LogP contribution in [0, 0.1) is 0 Å². The van der Waals surface area contributed by atoms with Crippen LogP contribution in [0.15, 0.2) is 41.4 Å². The van der Waals surface area contributed by atoms with Gasteiger partial charge in [0, 0.05) is 23.3 Å². The number of hydrogen-bond donors (Lipinski definition) is 2. The lowest BCUT2D eigenvalue weighted by Gasteiger charge is -2.11. The maximum Gasteiger partial charge on any atom is 0.193 e. The first kappa shape index (κ1) is 23.2. The maximum absolute atomic E-state index is 6.07. The molecule has 0 aliphatic rings. The van der Waals surface area contributed by atoms with Crippen molar-refractivity contribution in [3.63, 3.8) is 0 Å². The van der Waals surface area contributed by atoms with Crippen LogP contribution in [0.3, 0.4) is 0 Å². The summed E-state index contributed by atoms with van der Waals surface area (Å²) >= 11 is 6.07. The molecule has 3 N–H and O–H groups in total. The third-order valence-electron chi connectivity index (χ3n) is 3.64. The van der Waals surface area contributed by atoms with Crippen molar-refractivity contribution in [1.82, 2.24) is 0 Å². The smallest absolute Gasteiger partial charge is 0.193 e. The molecule has 27 heavy (non-hydrogen) atoms. The third kappa shape index (κ3) is 6.99. The Labute approximate surface area is 182 Å². The molecule has 8 heteroatoms. The summed E-state index contributed by atoms with van der Waals surface area (Å²) in [6, 6.07) is 11.0. The van der Waals surface area contributed by atoms with Crippen molar-refractivity contribution in [2.24, 2.45) is 10.7 Å². The van der Waals surface area contributed by atoms with Crippen molar-refractivity contribution in [1.29, 1.82) is 0 Å². The molecule has 0 aliphatic carbocycles. The summed E-state index contributed by atoms with van der Waals surface area (Å²) in [6.07, 6.45) is 0.671. The molecular weight excluding hydrogens is 481 g/mol. The molecule has 0 spiro atoms. The number of halogens is 2. The SMILES string of the molecule is CCOc1ccc(Cl)cc1CCN=C(N)Nc1ccc(OC)c(OC)c1.I. The molecule has 0 aliphatic heterocycles. The van der Waals surface area contributed by atoms with Crippen LogP contribution >= 0.6 is 35.6 Å². The molecule has 0 unspecified atom stereocenters. The molecule has 2 rings (SSSR count). The summed E-state index contributed by atoms with van der Waals surface area (Å²) in [7, 11) is 3.17. The van der Waals surface area contributed by atoms with Crippen LogP contribution in [-0.2, 0) is 6.42 Å². The number of nitrogens with two attached hydrogens (primary N) is 1. The van der Waals surface area contributed by atoms with E-state index in [1.807, 2.05) is 31.2 Å². The van der Waals surface area contributed by atoms with E-state index in [9.17, 15) is 0 Å². The van der Waals surface area contributed by atoms with Gasteiger partial charge in [-0.1, -0.05) is 11.6 Å². The minimum Gasteiger partial charge on any atom is -0.494 e. The van der Waals surface area contributed by atoms with Gasteiger partial charge in [-0.3, -0.25) is 4.99 Å². The van der Waals surface area contributed by atoms with Crippen LogP contribution in [0.4, 0.5) is 5.69 Å². The van der Waals surface area contributed by atoms with Crippen LogP contribution in [-0.4, -0.2) is 33.3 Å². The maximum atomic E-state index is 6.07. The number of benzene rings is 2. The van der Waals surface area contributed by atoms with E-state index in [-0.39, 0.29) is 24.0 Å². The predicted molar refractivity (Wildman–Crippen MR) is 121 cm³/mol. The van der Waals surface area contributed by atoms with Crippen LogP contribution in [0.1, 0.15) is 12.5 Å². The van der Waals surface area contributed by atoms with E-state index in [0.29, 0.717) is 42.1 Å². The van der Waals surface area contributed by atoms with Crippen molar-refractivity contribution in [3.8, 4) is 17.2 Å². The lowest BCUT2D eigenvalue weighted by Crippen LogP contribution is -2.23. The van der Waals surface area contributed by atoms with Gasteiger partial charge in [0.25, 0.3) is 0 Å². The standard InChI is InChI=1S/C19H24ClN3O3.HI/c1-4-26-16-7-5-14(20)11-13(16)9-10-22-19(21)23-15-6-8-17(24-2)18(12-15)25-3;/h5-8,11-12H,4,9-10H2,1-3H3,(H3,21,22,23);1H. The van der Waals surface area contributed by atoms with E-state index in [0.717, 1.165) is 17.0 Å². The zero-order valence-corrected chi connectivity index (χ0v) is 18.7. The zero-order chi connectivity index (χ0) is 18.9. The highest BCUT2D eigenvalue weighted by atomic mass is 127. The summed E-state index contributed by atoms with van der Waals surface area (Å²) in [4.78, 5) is 4.36. The Hall–Kier alpha value is -1.87. The average Bonchev–Trinajstić information content (AvgIpc) is 2.63. The molecule has 0 radical (unpaired) electrons. The van der Waals surface area contributed by atoms with E-state index in [2.05, 4.69) is 10.3 Å². The molecule has 0 saturated heterocycles. The van der Waals surface area contributed by atoms with Gasteiger partial charge in [0.1, 0.15) is 5.75 Å². The topological polar surface area (TPSA) is 78.1 Å². The van der Waals surface area contributed by atoms with Crippen LogP contribution < -0.4 is 25.3 Å². The number of nitrogens with one attached hydrogen (secondary N) is 1. The van der Waals surface area contributed by atoms with Gasteiger partial charge in [0.05, 0.1) is 20.8 Å². The van der Waals surface area contributed by atoms with Crippen molar-refractivity contribution in [2.45, 2.75) is 13.3 Å². The first-order valence-corrected chi connectivity index (χ1v) is 8.65. The molecule has 6 nitrogen and oxygen atoms in total. The summed E-state index contributed by atoms with van der Waals surface area (Å²) in [6.45, 7) is 3.05. The second-order valence-corrected chi connectivity index (χ2v) is 5.83. The lowest BCUT2D eigenvalue weighted by molar-refractivity contribution is 0.336. The largest absolute Gasteiger partial charge is 0.494 e. The summed E-state index contributed by atoms with van der Waals surface area (Å²) in [5, 5.41) is 3.71. The average molecular weight is 506 g/mol. The van der Waals surface area contributed by atoms with E-state index < -0.39 is 0 Å². The second kappa shape index (κ2) is 11.8. The van der Waals surface area contributed by atoms with Crippen LogP contribution in [0.5, 0.6) is 17.2 Å². The fourth-order valence-corrected chi connectivity index (χ4v) is 2.63. The Bertz CT molecular complexity index is 772. The first-order valence-electron chi connectivity index (χ1n) is 8.27. The molecule has 0 atom stereocenters. The molecule has 2 aromatic rings. The van der Waals surface area contributed by atoms with Crippen LogP contribution in [0.2, 0.25) is 5.02 Å². The Kier molecular flexibility index (Phi) is 10.1. The molecule has 0 bridgehead atoms. The third-order valence-corrected chi connectivity index (χ3v) is 3.88. The highest BCUT2D eigenvalue weighted by molar-refractivity contribution is 14.0. The number of anilines is 1. The highest BCUT2D eigenvalue weighted by Crippen LogP contribution is 2.29. The lowest BCUT2D eigenvalue weighted by atomic mass is 10.1. The molecule has 0 saturated carbocycles. The predicted octanol–water partition coefficient (Wildman–Crippen LogP) is 4.34. The minimum absolute atomic E-state index is 0. The molecule has 0 heterocycles. The van der Waals surface area contributed by atoms with Gasteiger partial charge in [-0.25, -0.2) is 0 Å². The van der Waals surface area contributed by atoms with Gasteiger partial charge in [0.2, 0.25) is 0 Å². The van der Waals surface area contributed by atoms with Gasteiger partial charge < -0.3 is 25.3 Å². The number of methoxy groups -OCH3 is 2. The van der Waals surface area contributed by atoms with Gasteiger partial charge >= 0.3 is 0 Å². The van der Waals surface area contributed by atoms with Crippen LogP contribution in [0.25, 0.3) is 0 Å². The number of hydrogen-bond acceptors (Lipinski definition) is 4. The van der Waals surface area contributed by atoms with E-state index in [1.165, 1.54) is 0 Å². The monoisotopic (exact) mass is 505 g/mol. The fraction of sp³-hybridized carbons (Fsp3) is 0.316. The van der Waals surface area contributed by atoms with Gasteiger partial charge in [-0.15, -0.1) is 24.0 Å². The first-order chi connectivity index (χ1) is 12.6. The molecule has 2 aromatic carbocycles. The molecule has 148 valence electrons. The number of nitrogens with zero attached hydrogens (tertiary/aromatic N) is 1. The number of aliphatic imine (C=N–C) groups is 1. The van der Waals surface area contributed by atoms with E-state index in [1.54, 1.807) is 26.4 Å². The van der Waals surface area contributed by atoms with Gasteiger partial charge in [0.15, 0.2) is 17.5 Å². The fourth-order valence-electron chi connectivity index (χ4n) is 2.44. The molecule has 0 aromatic heterocycles. The van der Waals surface area contributed by atoms with E-state index >= 15 is 0 Å². The number of guanidine groups is 1. The molecular formula is C19H25ClIN3O3. The summed E-state index contributed by atoms with van der Waals surface area (Å²) in [5.74, 6) is 2.40. The van der Waals surface area contributed by atoms with Gasteiger partial charge in [-0.2, -0.15) is 0 Å². The van der Waals surface area contributed by atoms with Crippen molar-refractivity contribution in [2.75, 3.05) is 32.7 Å². The Morgan fingerprint density at radius 2 is 1.78 bits per heavy atom. The summed E-state index contributed by atoms with van der Waals surface area (Å²) < 4.78 is 16.1. The van der Waals surface area contributed by atoms with E-state index in [4.69, 9.17) is 31.5 Å². The minimum atomic E-state index is 0. The number of ether oxygens (including phenoxy) is 3. The molecule has 0 fully saturated rings. The quantitative estimate of drug-likeness (QED) is 0.317. The molecule has 0 amide bonds. The van der Waals surface area contributed by atoms with Gasteiger partial charge in [-0.05, 0) is 49.2 Å². The van der Waals surface area contributed by atoms with Crippen molar-refractivity contribution < 1.29 is 14.2 Å². The Balaban J connectivity index is 0.00000364. The van der Waals surface area contributed by atoms with Crippen molar-refractivity contribution in [3.05, 3.63) is 47.0 Å². The normalized spacial score (nSPS) is 10.7. The zero-order valence-electron chi connectivity index (χ0n) is 15.6. The van der Waals surface area contributed by atoms with Crippen molar-refractivity contribution >= 4 is 47.2 Å². The second-order valence-electron chi connectivity index (χ2n) is 5.40. The Morgan fingerprint density at radius 1 is 1.07 bits per heavy atom. The summed E-state index contributed by atoms with van der Waals surface area (Å²) in [5.41, 5.74) is 7.74.